The van der Waals surface area contributed by atoms with Crippen molar-refractivity contribution in [3.63, 3.8) is 0 Å². The van der Waals surface area contributed by atoms with Gasteiger partial charge in [-0.1, -0.05) is 6.08 Å². The number of ether oxygens (including phenoxy) is 1. The van der Waals surface area contributed by atoms with Gasteiger partial charge in [0, 0.05) is 6.54 Å². The number of allylic oxidation sites excluding steroid dienone is 2. The van der Waals surface area contributed by atoms with Crippen molar-refractivity contribution < 1.29 is 9.53 Å². The molecule has 2 N–H and O–H groups in total. The highest BCUT2D eigenvalue weighted by molar-refractivity contribution is 5.91. The van der Waals surface area contributed by atoms with Gasteiger partial charge < -0.3 is 20.3 Å². The average molecular weight is 267 g/mol. The molecule has 5 nitrogen and oxygen atoms in total. The largest absolute Gasteiger partial charge is 0.484 e. The minimum atomic E-state index is -0.123. The Bertz CT molecular complexity index is 327. The second-order valence-corrected chi connectivity index (χ2v) is 4.64. The number of nitrogens with one attached hydrogen (secondary N) is 2. The Morgan fingerprint density at radius 2 is 2.11 bits per heavy atom. The predicted molar refractivity (Wildman–Crippen MR) is 76.8 cm³/mol. The van der Waals surface area contributed by atoms with E-state index in [1.165, 1.54) is 0 Å². The van der Waals surface area contributed by atoms with Crippen LogP contribution in [0.3, 0.4) is 0 Å². The van der Waals surface area contributed by atoms with Crippen LogP contribution in [0, 0.1) is 0 Å². The number of carbonyl (C=O) groups excluding carboxylic acids is 1. The smallest absolute Gasteiger partial charge is 0.286 e. The molecule has 1 aliphatic rings. The van der Waals surface area contributed by atoms with Gasteiger partial charge in [0.1, 0.15) is 6.61 Å². The van der Waals surface area contributed by atoms with Gasteiger partial charge in [0.25, 0.3) is 5.91 Å². The Morgan fingerprint density at radius 3 is 2.74 bits per heavy atom. The lowest BCUT2D eigenvalue weighted by Gasteiger charge is -2.16. The number of nitrogens with zero attached hydrogens (tertiary/aromatic N) is 1. The lowest BCUT2D eigenvalue weighted by molar-refractivity contribution is -0.120. The third kappa shape index (κ3) is 6.98. The van der Waals surface area contributed by atoms with Crippen molar-refractivity contribution in [2.45, 2.75) is 12.8 Å². The van der Waals surface area contributed by atoms with Crippen molar-refractivity contribution in [1.29, 1.82) is 0 Å². The van der Waals surface area contributed by atoms with Crippen molar-refractivity contribution in [2.75, 3.05) is 46.9 Å². The highest BCUT2D eigenvalue weighted by Crippen LogP contribution is 2.03. The quantitative estimate of drug-likeness (QED) is 0.598. The summed E-state index contributed by atoms with van der Waals surface area (Å²) in [6.07, 6.45) is 7.50. The lowest BCUT2D eigenvalue weighted by Crippen LogP contribution is -2.31. The highest BCUT2D eigenvalue weighted by Gasteiger charge is 2.10. The number of amides is 1. The molecule has 0 radical (unpaired) electrons. The summed E-state index contributed by atoms with van der Waals surface area (Å²) in [7, 11) is 4.07. The molecule has 1 heterocycles. The molecule has 0 aromatic rings. The Balaban J connectivity index is 2.05. The van der Waals surface area contributed by atoms with Crippen molar-refractivity contribution in [3.8, 4) is 0 Å². The van der Waals surface area contributed by atoms with Gasteiger partial charge >= 0.3 is 0 Å². The van der Waals surface area contributed by atoms with Gasteiger partial charge in [-0.3, -0.25) is 4.79 Å². The third-order valence-electron chi connectivity index (χ3n) is 2.91. The average Bonchev–Trinajstić information content (AvgIpc) is 2.44. The van der Waals surface area contributed by atoms with Gasteiger partial charge in [-0.25, -0.2) is 0 Å². The Labute approximate surface area is 115 Å². The molecular formula is C14H25N3O2. The number of carbonyl (C=O) groups is 1. The van der Waals surface area contributed by atoms with E-state index in [1.54, 1.807) is 6.08 Å². The second kappa shape index (κ2) is 9.58. The first-order valence-electron chi connectivity index (χ1n) is 6.85. The molecule has 0 saturated carbocycles. The van der Waals surface area contributed by atoms with Gasteiger partial charge in [0.05, 0.1) is 0 Å². The molecule has 0 spiro atoms. The number of hydrogen-bond donors (Lipinski definition) is 2. The van der Waals surface area contributed by atoms with Crippen LogP contribution in [0.25, 0.3) is 0 Å². The van der Waals surface area contributed by atoms with E-state index in [4.69, 9.17) is 4.74 Å². The summed E-state index contributed by atoms with van der Waals surface area (Å²) < 4.78 is 5.23. The van der Waals surface area contributed by atoms with Crippen LogP contribution in [0.5, 0.6) is 0 Å². The van der Waals surface area contributed by atoms with Gasteiger partial charge in [-0.15, -0.1) is 0 Å². The van der Waals surface area contributed by atoms with Gasteiger partial charge in [0.15, 0.2) is 5.76 Å². The minimum Gasteiger partial charge on any atom is -0.484 e. The minimum absolute atomic E-state index is 0.123. The van der Waals surface area contributed by atoms with E-state index in [2.05, 4.69) is 22.6 Å². The Hall–Kier alpha value is -1.33. The highest BCUT2D eigenvalue weighted by atomic mass is 16.5. The maximum absolute atomic E-state index is 11.7. The Morgan fingerprint density at radius 1 is 1.37 bits per heavy atom. The molecule has 0 fully saturated rings. The maximum atomic E-state index is 11.7. The van der Waals surface area contributed by atoms with Crippen molar-refractivity contribution in [3.05, 3.63) is 24.0 Å². The monoisotopic (exact) mass is 267 g/mol. The molecule has 1 amide bonds. The predicted octanol–water partition coefficient (Wildman–Crippen LogP) is 0.504. The zero-order valence-corrected chi connectivity index (χ0v) is 11.9. The first kappa shape index (κ1) is 15.7. The molecule has 1 aliphatic heterocycles. The zero-order chi connectivity index (χ0) is 13.9. The van der Waals surface area contributed by atoms with E-state index in [-0.39, 0.29) is 5.91 Å². The Kier molecular flexibility index (Phi) is 7.93. The molecule has 0 atom stereocenters. The van der Waals surface area contributed by atoms with E-state index in [1.807, 2.05) is 19.2 Å². The van der Waals surface area contributed by atoms with Crippen molar-refractivity contribution in [1.82, 2.24) is 15.5 Å². The topological polar surface area (TPSA) is 53.6 Å². The van der Waals surface area contributed by atoms with E-state index in [0.29, 0.717) is 18.9 Å². The molecule has 5 heteroatoms. The summed E-state index contributed by atoms with van der Waals surface area (Å²) in [6.45, 7) is 4.27. The number of rotatable bonds is 9. The van der Waals surface area contributed by atoms with E-state index >= 15 is 0 Å². The maximum Gasteiger partial charge on any atom is 0.286 e. The normalized spacial score (nSPS) is 14.2. The van der Waals surface area contributed by atoms with Crippen molar-refractivity contribution >= 4 is 5.91 Å². The molecule has 0 aliphatic carbocycles. The van der Waals surface area contributed by atoms with Crippen LogP contribution in [0.1, 0.15) is 12.8 Å². The van der Waals surface area contributed by atoms with Crippen LogP contribution in [0.4, 0.5) is 0 Å². The van der Waals surface area contributed by atoms with Crippen molar-refractivity contribution in [2.24, 2.45) is 0 Å². The lowest BCUT2D eigenvalue weighted by atomic mass is 10.3. The van der Waals surface area contributed by atoms with Crippen LogP contribution in [0.15, 0.2) is 24.0 Å². The van der Waals surface area contributed by atoms with Crippen LogP contribution < -0.4 is 10.6 Å². The summed E-state index contributed by atoms with van der Waals surface area (Å²) in [5.41, 5.74) is 0. The molecule has 0 aromatic heterocycles. The molecule has 0 unspecified atom stereocenters. The second-order valence-electron chi connectivity index (χ2n) is 4.64. The van der Waals surface area contributed by atoms with Crippen LogP contribution >= 0.6 is 0 Å². The van der Waals surface area contributed by atoms with Gasteiger partial charge in [-0.05, 0) is 58.7 Å². The van der Waals surface area contributed by atoms with Crippen LogP contribution in [-0.2, 0) is 9.53 Å². The van der Waals surface area contributed by atoms with Gasteiger partial charge in [-0.2, -0.15) is 0 Å². The van der Waals surface area contributed by atoms with E-state index in [9.17, 15) is 4.79 Å². The van der Waals surface area contributed by atoms with Crippen LogP contribution in [-0.4, -0.2) is 57.7 Å². The van der Waals surface area contributed by atoms with E-state index in [0.717, 1.165) is 32.5 Å². The molecular weight excluding hydrogens is 242 g/mol. The molecule has 0 bridgehead atoms. The summed E-state index contributed by atoms with van der Waals surface area (Å²) in [4.78, 5) is 14.0. The molecule has 108 valence electrons. The third-order valence-corrected chi connectivity index (χ3v) is 2.91. The van der Waals surface area contributed by atoms with Crippen LogP contribution in [0.2, 0.25) is 0 Å². The summed E-state index contributed by atoms with van der Waals surface area (Å²) in [5.74, 6) is 0.284. The standard InChI is InChI=1S/C14H25N3O2/c1-15-8-5-10-17(2)11-6-9-16-14(18)13-7-3-4-12-19-13/h3-4,7,15H,5-6,8-12H2,1-2H3,(H,16,18). The fourth-order valence-corrected chi connectivity index (χ4v) is 1.81. The first-order valence-corrected chi connectivity index (χ1v) is 6.85. The number of hydrogen-bond acceptors (Lipinski definition) is 4. The molecule has 0 aromatic carbocycles. The summed E-state index contributed by atoms with van der Waals surface area (Å²) >= 11 is 0. The zero-order valence-electron chi connectivity index (χ0n) is 11.9. The fraction of sp³-hybridized carbons (Fsp3) is 0.643. The molecule has 0 saturated heterocycles. The molecule has 19 heavy (non-hydrogen) atoms. The van der Waals surface area contributed by atoms with E-state index < -0.39 is 0 Å². The SMILES string of the molecule is CNCCCN(C)CCCNC(=O)C1=CC=CCO1. The molecule has 1 rings (SSSR count). The summed E-state index contributed by atoms with van der Waals surface area (Å²) in [6, 6.07) is 0. The fourth-order valence-electron chi connectivity index (χ4n) is 1.81. The first-order chi connectivity index (χ1) is 9.24. The van der Waals surface area contributed by atoms with Gasteiger partial charge in [0.2, 0.25) is 0 Å². The summed E-state index contributed by atoms with van der Waals surface area (Å²) in [5, 5.41) is 6.00.